The third-order valence-electron chi connectivity index (χ3n) is 4.25. The average Bonchev–Trinajstić information content (AvgIpc) is 2.91. The molecule has 6 nitrogen and oxygen atoms in total. The van der Waals surface area contributed by atoms with Crippen LogP contribution in [0.5, 0.6) is 5.75 Å². The summed E-state index contributed by atoms with van der Waals surface area (Å²) in [4.78, 5) is 14.2. The zero-order valence-electron chi connectivity index (χ0n) is 14.2. The fraction of sp³-hybridized carbons (Fsp3) is 0.444. The van der Waals surface area contributed by atoms with Crippen LogP contribution in [0.15, 0.2) is 30.3 Å². The Balaban J connectivity index is 1.80. The summed E-state index contributed by atoms with van der Waals surface area (Å²) < 4.78 is 12.3. The molecule has 1 aliphatic heterocycles. The van der Waals surface area contributed by atoms with Crippen LogP contribution >= 0.6 is 0 Å². The molecule has 0 bridgehead atoms. The molecule has 0 atom stereocenters. The van der Waals surface area contributed by atoms with E-state index in [4.69, 9.17) is 14.6 Å². The van der Waals surface area contributed by atoms with Crippen LogP contribution in [-0.4, -0.2) is 48.0 Å². The Morgan fingerprint density at radius 1 is 1.25 bits per heavy atom. The highest BCUT2D eigenvalue weighted by Crippen LogP contribution is 2.25. The molecule has 0 aliphatic carbocycles. The van der Waals surface area contributed by atoms with E-state index in [0.717, 1.165) is 42.2 Å². The molecule has 2 heterocycles. The molecule has 0 saturated carbocycles. The van der Waals surface area contributed by atoms with Crippen LogP contribution in [0, 0.1) is 0 Å². The summed E-state index contributed by atoms with van der Waals surface area (Å²) in [5.74, 6) is 0.946. The minimum atomic E-state index is 0.134. The Morgan fingerprint density at radius 3 is 2.92 bits per heavy atom. The molecule has 1 amide bonds. The lowest BCUT2D eigenvalue weighted by atomic mass is 10.1. The summed E-state index contributed by atoms with van der Waals surface area (Å²) in [7, 11) is 3.27. The Kier molecular flexibility index (Phi) is 5.15. The van der Waals surface area contributed by atoms with Crippen molar-refractivity contribution in [1.29, 1.82) is 0 Å². The Morgan fingerprint density at radius 2 is 2.12 bits per heavy atom. The fourth-order valence-electron chi connectivity index (χ4n) is 2.95. The quantitative estimate of drug-likeness (QED) is 0.845. The predicted octanol–water partition coefficient (Wildman–Crippen LogP) is 2.33. The molecule has 2 aromatic rings. The Hall–Kier alpha value is -2.34. The normalized spacial score (nSPS) is 14.2. The minimum absolute atomic E-state index is 0.134. The van der Waals surface area contributed by atoms with Crippen molar-refractivity contribution < 1.29 is 14.3 Å². The number of fused-ring (bicyclic) bond motifs is 1. The van der Waals surface area contributed by atoms with Crippen molar-refractivity contribution >= 4 is 5.91 Å². The van der Waals surface area contributed by atoms with E-state index < -0.39 is 0 Å². The van der Waals surface area contributed by atoms with Gasteiger partial charge in [-0.3, -0.25) is 9.48 Å². The van der Waals surface area contributed by atoms with Crippen molar-refractivity contribution in [2.75, 3.05) is 27.4 Å². The highest BCUT2D eigenvalue weighted by Gasteiger charge is 2.20. The summed E-state index contributed by atoms with van der Waals surface area (Å²) in [5, 5.41) is 4.71. The van der Waals surface area contributed by atoms with E-state index in [2.05, 4.69) is 6.07 Å². The maximum Gasteiger partial charge on any atom is 0.225 e. The maximum absolute atomic E-state index is 12.3. The number of ether oxygens (including phenoxy) is 2. The monoisotopic (exact) mass is 329 g/mol. The first kappa shape index (κ1) is 16.5. The number of carbonyl (C=O) groups is 1. The van der Waals surface area contributed by atoms with Crippen molar-refractivity contribution in [3.63, 3.8) is 0 Å². The van der Waals surface area contributed by atoms with Crippen molar-refractivity contribution in [3.8, 4) is 17.0 Å². The molecule has 1 aromatic carbocycles. The zero-order chi connectivity index (χ0) is 16.9. The summed E-state index contributed by atoms with van der Waals surface area (Å²) in [6, 6.07) is 9.94. The zero-order valence-corrected chi connectivity index (χ0v) is 14.2. The summed E-state index contributed by atoms with van der Waals surface area (Å²) in [5.41, 5.74) is 3.00. The van der Waals surface area contributed by atoms with Gasteiger partial charge in [0.15, 0.2) is 0 Å². The van der Waals surface area contributed by atoms with Crippen molar-refractivity contribution in [1.82, 2.24) is 14.7 Å². The van der Waals surface area contributed by atoms with Crippen molar-refractivity contribution in [2.45, 2.75) is 25.9 Å². The first-order valence-electron chi connectivity index (χ1n) is 8.19. The molecular formula is C18H23N3O3. The summed E-state index contributed by atoms with van der Waals surface area (Å²) in [6.07, 6.45) is 1.33. The van der Waals surface area contributed by atoms with Gasteiger partial charge in [0.1, 0.15) is 5.75 Å². The Labute approximate surface area is 142 Å². The molecule has 0 unspecified atom stereocenters. The number of amides is 1. The lowest BCUT2D eigenvalue weighted by molar-refractivity contribution is -0.132. The van der Waals surface area contributed by atoms with E-state index >= 15 is 0 Å². The van der Waals surface area contributed by atoms with Gasteiger partial charge in [0.05, 0.1) is 38.1 Å². The molecule has 1 aromatic heterocycles. The number of carbonyl (C=O) groups excluding carboxylic acids is 1. The smallest absolute Gasteiger partial charge is 0.225 e. The van der Waals surface area contributed by atoms with Crippen LogP contribution in [0.25, 0.3) is 11.3 Å². The topological polar surface area (TPSA) is 56.6 Å². The van der Waals surface area contributed by atoms with Gasteiger partial charge in [0, 0.05) is 25.8 Å². The maximum atomic E-state index is 12.3. The van der Waals surface area contributed by atoms with Crippen molar-refractivity contribution in [2.24, 2.45) is 0 Å². The van der Waals surface area contributed by atoms with Crippen LogP contribution in [0.4, 0.5) is 0 Å². The molecule has 6 heteroatoms. The minimum Gasteiger partial charge on any atom is -0.497 e. The fourth-order valence-corrected chi connectivity index (χ4v) is 2.95. The number of hydrogen-bond donors (Lipinski definition) is 0. The summed E-state index contributed by atoms with van der Waals surface area (Å²) in [6.45, 7) is 2.65. The van der Waals surface area contributed by atoms with Gasteiger partial charge in [-0.1, -0.05) is 12.1 Å². The first-order valence-corrected chi connectivity index (χ1v) is 8.19. The van der Waals surface area contributed by atoms with E-state index in [-0.39, 0.29) is 5.91 Å². The molecular weight excluding hydrogens is 306 g/mol. The molecule has 128 valence electrons. The number of methoxy groups -OCH3 is 2. The predicted molar refractivity (Wildman–Crippen MR) is 90.7 cm³/mol. The van der Waals surface area contributed by atoms with E-state index in [1.165, 1.54) is 0 Å². The third-order valence-corrected chi connectivity index (χ3v) is 4.25. The number of rotatable bonds is 5. The molecule has 0 saturated heterocycles. The third kappa shape index (κ3) is 3.59. The first-order chi connectivity index (χ1) is 11.7. The number of aromatic nitrogens is 2. The molecule has 0 spiro atoms. The standard InChI is InChI=1S/C18H23N3O3/c1-23-10-7-18(22)20-8-4-9-21-15(13-20)12-17(19-21)14-5-3-6-16(11-14)24-2/h3,5-6,11-12H,4,7-10,13H2,1-2H3. The molecule has 0 fully saturated rings. The van der Waals surface area contributed by atoms with E-state index in [1.54, 1.807) is 14.2 Å². The molecule has 24 heavy (non-hydrogen) atoms. The van der Waals surface area contributed by atoms with Gasteiger partial charge in [-0.2, -0.15) is 5.10 Å². The molecule has 0 radical (unpaired) electrons. The van der Waals surface area contributed by atoms with Crippen LogP contribution < -0.4 is 4.74 Å². The largest absolute Gasteiger partial charge is 0.497 e. The second-order valence-corrected chi connectivity index (χ2v) is 5.89. The number of benzene rings is 1. The highest BCUT2D eigenvalue weighted by atomic mass is 16.5. The van der Waals surface area contributed by atoms with E-state index in [1.807, 2.05) is 33.8 Å². The number of aryl methyl sites for hydroxylation is 1. The average molecular weight is 329 g/mol. The van der Waals surface area contributed by atoms with Crippen molar-refractivity contribution in [3.05, 3.63) is 36.0 Å². The van der Waals surface area contributed by atoms with Crippen LogP contribution in [0.2, 0.25) is 0 Å². The van der Waals surface area contributed by atoms with Gasteiger partial charge in [0.2, 0.25) is 5.91 Å². The summed E-state index contributed by atoms with van der Waals surface area (Å²) >= 11 is 0. The lowest BCUT2D eigenvalue weighted by Crippen LogP contribution is -2.31. The van der Waals surface area contributed by atoms with E-state index in [0.29, 0.717) is 19.6 Å². The second kappa shape index (κ2) is 7.49. The van der Waals surface area contributed by atoms with Gasteiger partial charge >= 0.3 is 0 Å². The highest BCUT2D eigenvalue weighted by molar-refractivity contribution is 5.76. The van der Waals surface area contributed by atoms with E-state index in [9.17, 15) is 4.79 Å². The van der Waals surface area contributed by atoms with Gasteiger partial charge in [0.25, 0.3) is 0 Å². The van der Waals surface area contributed by atoms with Crippen LogP contribution in [-0.2, 0) is 22.6 Å². The van der Waals surface area contributed by atoms with Gasteiger partial charge in [-0.15, -0.1) is 0 Å². The van der Waals surface area contributed by atoms with Gasteiger partial charge in [-0.05, 0) is 24.6 Å². The number of nitrogens with zero attached hydrogens (tertiary/aromatic N) is 3. The Bertz CT molecular complexity index is 711. The second-order valence-electron chi connectivity index (χ2n) is 5.89. The van der Waals surface area contributed by atoms with Gasteiger partial charge in [-0.25, -0.2) is 0 Å². The SMILES string of the molecule is COCCC(=O)N1CCCn2nc(-c3cccc(OC)c3)cc2C1. The molecule has 0 N–H and O–H groups in total. The van der Waals surface area contributed by atoms with Crippen LogP contribution in [0.3, 0.4) is 0 Å². The van der Waals surface area contributed by atoms with Gasteiger partial charge < -0.3 is 14.4 Å². The molecule has 1 aliphatic rings. The lowest BCUT2D eigenvalue weighted by Gasteiger charge is -2.19. The van der Waals surface area contributed by atoms with Crippen LogP contribution in [0.1, 0.15) is 18.5 Å². The molecule has 3 rings (SSSR count). The number of hydrogen-bond acceptors (Lipinski definition) is 4.